The second-order valence-electron chi connectivity index (χ2n) is 2.71. The quantitative estimate of drug-likeness (QED) is 0.881. The first kappa shape index (κ1) is 10.9. The second kappa shape index (κ2) is 4.96. The Morgan fingerprint density at radius 3 is 3.00 bits per heavy atom. The number of halogens is 2. The van der Waals surface area contributed by atoms with Gasteiger partial charge in [-0.3, -0.25) is 0 Å². The Kier molecular flexibility index (Phi) is 3.61. The Morgan fingerprint density at radius 1 is 1.53 bits per heavy atom. The SMILES string of the molecule is ClCc1nnc(NCc2ccsc2Br)o1. The third-order valence-electron chi connectivity index (χ3n) is 1.70. The van der Waals surface area contributed by atoms with Crippen molar-refractivity contribution in [2.24, 2.45) is 0 Å². The summed E-state index contributed by atoms with van der Waals surface area (Å²) < 4.78 is 6.30. The minimum absolute atomic E-state index is 0.233. The van der Waals surface area contributed by atoms with E-state index in [9.17, 15) is 0 Å². The van der Waals surface area contributed by atoms with Crippen molar-refractivity contribution in [3.8, 4) is 0 Å². The van der Waals surface area contributed by atoms with Crippen molar-refractivity contribution in [3.05, 3.63) is 26.7 Å². The predicted molar refractivity (Wildman–Crippen MR) is 63.2 cm³/mol. The molecule has 2 heterocycles. The van der Waals surface area contributed by atoms with Gasteiger partial charge in [0.05, 0.1) is 3.79 Å². The summed E-state index contributed by atoms with van der Waals surface area (Å²) in [5, 5.41) is 12.6. The molecule has 0 bridgehead atoms. The number of nitrogens with one attached hydrogen (secondary N) is 1. The van der Waals surface area contributed by atoms with Gasteiger partial charge in [-0.2, -0.15) is 0 Å². The smallest absolute Gasteiger partial charge is 0.315 e. The van der Waals surface area contributed by atoms with Crippen LogP contribution < -0.4 is 5.32 Å². The molecular weight excluding hydrogens is 302 g/mol. The van der Waals surface area contributed by atoms with Crippen LogP contribution in [-0.4, -0.2) is 10.2 Å². The van der Waals surface area contributed by atoms with Crippen LogP contribution in [0.25, 0.3) is 0 Å². The Balaban J connectivity index is 1.96. The Morgan fingerprint density at radius 2 is 2.40 bits per heavy atom. The molecule has 0 spiro atoms. The molecule has 0 fully saturated rings. The molecule has 80 valence electrons. The normalized spacial score (nSPS) is 10.5. The van der Waals surface area contributed by atoms with Crippen LogP contribution in [0.5, 0.6) is 0 Å². The largest absolute Gasteiger partial charge is 0.407 e. The van der Waals surface area contributed by atoms with Crippen LogP contribution in [0.2, 0.25) is 0 Å². The Labute approximate surface area is 104 Å². The standard InChI is InChI=1S/C8H7BrClN3OS/c9-7-5(1-2-15-7)4-11-8-13-12-6(3-10)14-8/h1-2H,3-4H2,(H,11,13). The summed E-state index contributed by atoms with van der Waals surface area (Å²) in [6.45, 7) is 0.647. The maximum absolute atomic E-state index is 5.54. The molecule has 2 aromatic rings. The summed E-state index contributed by atoms with van der Waals surface area (Å²) in [6, 6.07) is 2.42. The lowest BCUT2D eigenvalue weighted by Gasteiger charge is -1.98. The van der Waals surface area contributed by atoms with Gasteiger partial charge >= 0.3 is 6.01 Å². The molecule has 0 amide bonds. The van der Waals surface area contributed by atoms with E-state index in [0.29, 0.717) is 18.5 Å². The maximum Gasteiger partial charge on any atom is 0.315 e. The van der Waals surface area contributed by atoms with Gasteiger partial charge in [0.2, 0.25) is 5.89 Å². The minimum atomic E-state index is 0.233. The lowest BCUT2D eigenvalue weighted by atomic mass is 10.3. The van der Waals surface area contributed by atoms with Gasteiger partial charge < -0.3 is 9.73 Å². The van der Waals surface area contributed by atoms with E-state index in [4.69, 9.17) is 16.0 Å². The van der Waals surface area contributed by atoms with Crippen LogP contribution in [0.1, 0.15) is 11.5 Å². The molecule has 0 aliphatic heterocycles. The maximum atomic E-state index is 5.54. The summed E-state index contributed by atoms with van der Waals surface area (Å²) in [5.74, 6) is 0.653. The van der Waals surface area contributed by atoms with Crippen molar-refractivity contribution >= 4 is 44.9 Å². The molecule has 2 aromatic heterocycles. The highest BCUT2D eigenvalue weighted by Gasteiger charge is 2.05. The van der Waals surface area contributed by atoms with Crippen molar-refractivity contribution < 1.29 is 4.42 Å². The van der Waals surface area contributed by atoms with E-state index in [-0.39, 0.29) is 5.88 Å². The molecule has 1 N–H and O–H groups in total. The third kappa shape index (κ3) is 2.70. The van der Waals surface area contributed by atoms with Gasteiger partial charge in [0, 0.05) is 6.54 Å². The molecule has 0 aliphatic rings. The van der Waals surface area contributed by atoms with Crippen LogP contribution in [0.15, 0.2) is 19.6 Å². The van der Waals surface area contributed by atoms with Gasteiger partial charge in [0.25, 0.3) is 0 Å². The lowest BCUT2D eigenvalue weighted by molar-refractivity contribution is 0.525. The summed E-state index contributed by atoms with van der Waals surface area (Å²) in [6.07, 6.45) is 0. The number of hydrogen-bond donors (Lipinski definition) is 1. The van der Waals surface area contributed by atoms with Crippen LogP contribution in [-0.2, 0) is 12.4 Å². The number of thiophene rings is 1. The van der Waals surface area contributed by atoms with E-state index < -0.39 is 0 Å². The van der Waals surface area contributed by atoms with Gasteiger partial charge in [0.15, 0.2) is 0 Å². The average molecular weight is 309 g/mol. The zero-order valence-electron chi connectivity index (χ0n) is 7.54. The van der Waals surface area contributed by atoms with Crippen molar-refractivity contribution in [2.45, 2.75) is 12.4 Å². The Hall–Kier alpha value is -0.590. The monoisotopic (exact) mass is 307 g/mol. The van der Waals surface area contributed by atoms with E-state index in [1.54, 1.807) is 11.3 Å². The molecular formula is C8H7BrClN3OS. The van der Waals surface area contributed by atoms with Crippen molar-refractivity contribution in [1.82, 2.24) is 10.2 Å². The van der Waals surface area contributed by atoms with Crippen LogP contribution >= 0.6 is 38.9 Å². The lowest BCUT2D eigenvalue weighted by Crippen LogP contribution is -1.98. The molecule has 0 radical (unpaired) electrons. The van der Waals surface area contributed by atoms with Crippen LogP contribution in [0.4, 0.5) is 6.01 Å². The fraction of sp³-hybridized carbons (Fsp3) is 0.250. The number of hydrogen-bond acceptors (Lipinski definition) is 5. The molecule has 0 unspecified atom stereocenters. The second-order valence-corrected chi connectivity index (χ2v) is 5.21. The molecule has 0 aromatic carbocycles. The summed E-state index contributed by atoms with van der Waals surface area (Å²) in [5.41, 5.74) is 1.16. The van der Waals surface area contributed by atoms with Crippen LogP contribution in [0, 0.1) is 0 Å². The molecule has 0 aliphatic carbocycles. The van der Waals surface area contributed by atoms with Gasteiger partial charge in [0.1, 0.15) is 5.88 Å². The van der Waals surface area contributed by atoms with E-state index in [1.165, 1.54) is 0 Å². The summed E-state index contributed by atoms with van der Waals surface area (Å²) in [4.78, 5) is 0. The molecule has 7 heteroatoms. The van der Waals surface area contributed by atoms with Gasteiger partial charge in [-0.25, -0.2) is 0 Å². The first-order valence-corrected chi connectivity index (χ1v) is 6.34. The number of aromatic nitrogens is 2. The fourth-order valence-electron chi connectivity index (χ4n) is 0.995. The Bertz CT molecular complexity index is 445. The fourth-order valence-corrected chi connectivity index (χ4v) is 2.34. The molecule has 4 nitrogen and oxygen atoms in total. The van der Waals surface area contributed by atoms with Gasteiger partial charge in [-0.05, 0) is 32.9 Å². The van der Waals surface area contributed by atoms with E-state index in [2.05, 4.69) is 31.4 Å². The number of rotatable bonds is 4. The molecule has 0 atom stereocenters. The highest BCUT2D eigenvalue weighted by atomic mass is 79.9. The summed E-state index contributed by atoms with van der Waals surface area (Å²) >= 11 is 10.6. The highest BCUT2D eigenvalue weighted by molar-refractivity contribution is 9.11. The molecule has 15 heavy (non-hydrogen) atoms. The minimum Gasteiger partial charge on any atom is -0.407 e. The third-order valence-corrected chi connectivity index (χ3v) is 3.74. The zero-order valence-corrected chi connectivity index (χ0v) is 10.7. The van der Waals surface area contributed by atoms with Crippen molar-refractivity contribution in [3.63, 3.8) is 0 Å². The number of anilines is 1. The first-order valence-electron chi connectivity index (χ1n) is 4.13. The molecule has 0 saturated carbocycles. The zero-order chi connectivity index (χ0) is 10.7. The highest BCUT2D eigenvalue weighted by Crippen LogP contribution is 2.24. The van der Waals surface area contributed by atoms with E-state index in [1.807, 2.05) is 11.4 Å². The van der Waals surface area contributed by atoms with Crippen molar-refractivity contribution in [1.29, 1.82) is 0 Å². The van der Waals surface area contributed by atoms with Crippen LogP contribution in [0.3, 0.4) is 0 Å². The van der Waals surface area contributed by atoms with E-state index in [0.717, 1.165) is 9.35 Å². The predicted octanol–water partition coefficient (Wildman–Crippen LogP) is 3.24. The topological polar surface area (TPSA) is 51.0 Å². The van der Waals surface area contributed by atoms with Crippen molar-refractivity contribution in [2.75, 3.05) is 5.32 Å². The van der Waals surface area contributed by atoms with Gasteiger partial charge in [-0.1, -0.05) is 5.10 Å². The van der Waals surface area contributed by atoms with E-state index >= 15 is 0 Å². The first-order chi connectivity index (χ1) is 7.29. The van der Waals surface area contributed by atoms with Gasteiger partial charge in [-0.15, -0.1) is 28.0 Å². The summed E-state index contributed by atoms with van der Waals surface area (Å²) in [7, 11) is 0. The molecule has 0 saturated heterocycles. The number of nitrogens with zero attached hydrogens (tertiary/aromatic N) is 2. The molecule has 2 rings (SSSR count). The number of alkyl halides is 1. The average Bonchev–Trinajstić information content (AvgIpc) is 2.84.